The topological polar surface area (TPSA) is 67.9 Å². The number of ether oxygens (including phenoxy) is 2. The standard InChI is InChI=1S/C14H28N2O4/c1-10(15-11(17)19-13(2,3)4)9-16(8)12(18)20-14(5,6)7/h10H,9H2,1-8H3,(H,15,17)/t10-/m1/s1. The number of alkyl carbamates (subject to hydrolysis) is 1. The monoisotopic (exact) mass is 288 g/mol. The average molecular weight is 288 g/mol. The predicted octanol–water partition coefficient (Wildman–Crippen LogP) is 2.77. The van der Waals surface area contributed by atoms with Crippen LogP contribution in [0.4, 0.5) is 9.59 Å². The van der Waals surface area contributed by atoms with Crippen molar-refractivity contribution in [3.63, 3.8) is 0 Å². The van der Waals surface area contributed by atoms with E-state index in [1.54, 1.807) is 55.5 Å². The maximum atomic E-state index is 11.8. The molecule has 0 aliphatic rings. The van der Waals surface area contributed by atoms with Gasteiger partial charge in [0, 0.05) is 19.6 Å². The van der Waals surface area contributed by atoms with Crippen LogP contribution in [0.2, 0.25) is 0 Å². The second-order valence-electron chi connectivity index (χ2n) is 6.91. The molecular weight excluding hydrogens is 260 g/mol. The fourth-order valence-electron chi connectivity index (χ4n) is 1.38. The van der Waals surface area contributed by atoms with Crippen molar-refractivity contribution in [1.82, 2.24) is 10.2 Å². The van der Waals surface area contributed by atoms with Crippen LogP contribution in [-0.4, -0.2) is 47.9 Å². The quantitative estimate of drug-likeness (QED) is 0.867. The highest BCUT2D eigenvalue weighted by molar-refractivity contribution is 5.69. The van der Waals surface area contributed by atoms with Crippen LogP contribution in [0.5, 0.6) is 0 Å². The summed E-state index contributed by atoms with van der Waals surface area (Å²) in [5, 5.41) is 2.67. The van der Waals surface area contributed by atoms with Gasteiger partial charge in [-0.2, -0.15) is 0 Å². The van der Waals surface area contributed by atoms with Crippen molar-refractivity contribution < 1.29 is 19.1 Å². The molecule has 0 aromatic rings. The Morgan fingerprint density at radius 2 is 1.50 bits per heavy atom. The Bertz CT molecular complexity index is 342. The largest absolute Gasteiger partial charge is 0.444 e. The van der Waals surface area contributed by atoms with E-state index in [4.69, 9.17) is 9.47 Å². The van der Waals surface area contributed by atoms with E-state index in [0.717, 1.165) is 0 Å². The van der Waals surface area contributed by atoms with Crippen molar-refractivity contribution in [3.05, 3.63) is 0 Å². The highest BCUT2D eigenvalue weighted by Gasteiger charge is 2.22. The van der Waals surface area contributed by atoms with E-state index in [-0.39, 0.29) is 6.04 Å². The van der Waals surface area contributed by atoms with Crippen molar-refractivity contribution in [3.8, 4) is 0 Å². The number of nitrogens with one attached hydrogen (secondary N) is 1. The molecule has 1 atom stereocenters. The zero-order chi connectivity index (χ0) is 16.1. The van der Waals surface area contributed by atoms with Crippen LogP contribution in [0.15, 0.2) is 0 Å². The summed E-state index contributed by atoms with van der Waals surface area (Å²) in [4.78, 5) is 24.8. The number of amides is 2. The fourth-order valence-corrected chi connectivity index (χ4v) is 1.38. The number of hydrogen-bond acceptors (Lipinski definition) is 4. The van der Waals surface area contributed by atoms with Gasteiger partial charge in [0.2, 0.25) is 0 Å². The van der Waals surface area contributed by atoms with E-state index >= 15 is 0 Å². The van der Waals surface area contributed by atoms with Gasteiger partial charge in [-0.1, -0.05) is 0 Å². The van der Waals surface area contributed by atoms with E-state index in [9.17, 15) is 9.59 Å². The van der Waals surface area contributed by atoms with E-state index in [0.29, 0.717) is 6.54 Å². The Hall–Kier alpha value is -1.46. The molecule has 0 aliphatic heterocycles. The third-order valence-electron chi connectivity index (χ3n) is 2.02. The van der Waals surface area contributed by atoms with Gasteiger partial charge in [-0.25, -0.2) is 9.59 Å². The maximum Gasteiger partial charge on any atom is 0.410 e. The molecular formula is C14H28N2O4. The Morgan fingerprint density at radius 1 is 1.05 bits per heavy atom. The van der Waals surface area contributed by atoms with Gasteiger partial charge in [0.05, 0.1) is 0 Å². The van der Waals surface area contributed by atoms with Gasteiger partial charge in [-0.05, 0) is 48.5 Å². The van der Waals surface area contributed by atoms with Gasteiger partial charge in [-0.3, -0.25) is 0 Å². The Balaban J connectivity index is 4.23. The van der Waals surface area contributed by atoms with Gasteiger partial charge in [-0.15, -0.1) is 0 Å². The van der Waals surface area contributed by atoms with Crippen LogP contribution in [0.25, 0.3) is 0 Å². The summed E-state index contributed by atoms with van der Waals surface area (Å²) >= 11 is 0. The zero-order valence-electron chi connectivity index (χ0n) is 13.9. The molecule has 0 saturated heterocycles. The van der Waals surface area contributed by atoms with E-state index in [1.807, 2.05) is 0 Å². The molecule has 0 radical (unpaired) electrons. The Morgan fingerprint density at radius 3 is 1.90 bits per heavy atom. The van der Waals surface area contributed by atoms with Crippen LogP contribution in [0.1, 0.15) is 48.5 Å². The van der Waals surface area contributed by atoms with Gasteiger partial charge in [0.25, 0.3) is 0 Å². The summed E-state index contributed by atoms with van der Waals surface area (Å²) in [5.74, 6) is 0. The second-order valence-corrected chi connectivity index (χ2v) is 6.91. The first-order valence-corrected chi connectivity index (χ1v) is 6.74. The number of nitrogens with zero attached hydrogens (tertiary/aromatic N) is 1. The van der Waals surface area contributed by atoms with E-state index in [1.165, 1.54) is 4.90 Å². The molecule has 0 heterocycles. The Labute approximate surface area is 121 Å². The molecule has 0 aromatic heterocycles. The van der Waals surface area contributed by atoms with Crippen LogP contribution in [-0.2, 0) is 9.47 Å². The highest BCUT2D eigenvalue weighted by Crippen LogP contribution is 2.10. The number of rotatable bonds is 3. The van der Waals surface area contributed by atoms with Gasteiger partial charge in [0.1, 0.15) is 11.2 Å². The first-order valence-electron chi connectivity index (χ1n) is 6.74. The lowest BCUT2D eigenvalue weighted by atomic mass is 10.2. The number of carbonyl (C=O) groups is 2. The molecule has 0 fully saturated rings. The normalized spacial score (nSPS) is 13.4. The summed E-state index contributed by atoms with van der Waals surface area (Å²) in [6.45, 7) is 12.9. The molecule has 1 N–H and O–H groups in total. The van der Waals surface area contributed by atoms with Crippen LogP contribution in [0, 0.1) is 0 Å². The van der Waals surface area contributed by atoms with Gasteiger partial charge >= 0.3 is 12.2 Å². The third-order valence-corrected chi connectivity index (χ3v) is 2.02. The SMILES string of the molecule is C[C@H](CN(C)C(=O)OC(C)(C)C)NC(=O)OC(C)(C)C. The van der Waals surface area contributed by atoms with E-state index < -0.39 is 23.4 Å². The minimum atomic E-state index is -0.541. The molecule has 0 unspecified atom stereocenters. The number of hydrogen-bond donors (Lipinski definition) is 1. The highest BCUT2D eigenvalue weighted by atomic mass is 16.6. The molecule has 0 aliphatic carbocycles. The molecule has 0 spiro atoms. The van der Waals surface area contributed by atoms with Crippen LogP contribution < -0.4 is 5.32 Å². The van der Waals surface area contributed by atoms with Crippen LogP contribution in [0.3, 0.4) is 0 Å². The predicted molar refractivity (Wildman–Crippen MR) is 77.7 cm³/mol. The average Bonchev–Trinajstić information content (AvgIpc) is 2.10. The molecule has 0 rings (SSSR count). The molecule has 6 nitrogen and oxygen atoms in total. The molecule has 0 bridgehead atoms. The summed E-state index contributed by atoms with van der Waals surface area (Å²) in [7, 11) is 1.63. The summed E-state index contributed by atoms with van der Waals surface area (Å²) in [6, 6.07) is -0.234. The molecule has 6 heteroatoms. The summed E-state index contributed by atoms with van der Waals surface area (Å²) < 4.78 is 10.4. The molecule has 20 heavy (non-hydrogen) atoms. The lowest BCUT2D eigenvalue weighted by Crippen LogP contribution is -2.45. The minimum Gasteiger partial charge on any atom is -0.444 e. The first kappa shape index (κ1) is 18.5. The lowest BCUT2D eigenvalue weighted by Gasteiger charge is -2.27. The molecule has 2 amide bonds. The summed E-state index contributed by atoms with van der Waals surface area (Å²) in [6.07, 6.45) is -0.919. The fraction of sp³-hybridized carbons (Fsp3) is 0.857. The third kappa shape index (κ3) is 9.47. The van der Waals surface area contributed by atoms with Gasteiger partial charge in [0.15, 0.2) is 0 Å². The van der Waals surface area contributed by atoms with Crippen molar-refractivity contribution >= 4 is 12.2 Å². The molecule has 0 aromatic carbocycles. The zero-order valence-corrected chi connectivity index (χ0v) is 13.9. The van der Waals surface area contributed by atoms with E-state index in [2.05, 4.69) is 5.32 Å². The molecule has 118 valence electrons. The molecule has 0 saturated carbocycles. The minimum absolute atomic E-state index is 0.234. The van der Waals surface area contributed by atoms with Crippen LogP contribution >= 0.6 is 0 Å². The second kappa shape index (κ2) is 6.81. The summed E-state index contributed by atoms with van der Waals surface area (Å²) in [5.41, 5.74) is -1.08. The number of likely N-dealkylation sites (N-methyl/N-ethyl adjacent to an activating group) is 1. The van der Waals surface area contributed by atoms with Gasteiger partial charge < -0.3 is 19.7 Å². The maximum absolute atomic E-state index is 11.8. The lowest BCUT2D eigenvalue weighted by molar-refractivity contribution is 0.0266. The van der Waals surface area contributed by atoms with Crippen molar-refractivity contribution in [1.29, 1.82) is 0 Å². The van der Waals surface area contributed by atoms with Crippen molar-refractivity contribution in [2.24, 2.45) is 0 Å². The van der Waals surface area contributed by atoms with Crippen molar-refractivity contribution in [2.45, 2.75) is 65.7 Å². The Kier molecular flexibility index (Phi) is 6.32. The number of carbonyl (C=O) groups excluding carboxylic acids is 2. The first-order chi connectivity index (χ1) is 8.80. The van der Waals surface area contributed by atoms with Crippen molar-refractivity contribution in [2.75, 3.05) is 13.6 Å². The smallest absolute Gasteiger partial charge is 0.410 e.